The number of unbranched alkanes of at least 4 members (excludes halogenated alkanes) is 6. The summed E-state index contributed by atoms with van der Waals surface area (Å²) >= 11 is 0. The molecule has 164 valence electrons. The zero-order valence-electron chi connectivity index (χ0n) is 17.5. The fourth-order valence-corrected chi connectivity index (χ4v) is 3.19. The number of hydrogen-bond acceptors (Lipinski definition) is 7. The maximum Gasteiger partial charge on any atom is 0.344 e. The van der Waals surface area contributed by atoms with Gasteiger partial charge in [-0.05, 0) is 25.0 Å². The molecular weight excluding hydrogens is 398 g/mol. The van der Waals surface area contributed by atoms with E-state index in [9.17, 15) is 9.59 Å². The van der Waals surface area contributed by atoms with Crippen LogP contribution >= 0.6 is 0 Å². The molecule has 0 aromatic carbocycles. The van der Waals surface area contributed by atoms with Gasteiger partial charge >= 0.3 is 11.6 Å². The minimum absolute atomic E-state index is 0.359. The van der Waals surface area contributed by atoms with Crippen molar-refractivity contribution in [3.8, 4) is 17.0 Å². The van der Waals surface area contributed by atoms with E-state index in [0.717, 1.165) is 50.3 Å². The van der Waals surface area contributed by atoms with Gasteiger partial charge in [0, 0.05) is 29.3 Å². The Morgan fingerprint density at radius 1 is 1.06 bits per heavy atom. The molecule has 0 radical (unpaired) electrons. The van der Waals surface area contributed by atoms with Crippen LogP contribution in [-0.4, -0.2) is 24.2 Å². The van der Waals surface area contributed by atoms with Crippen molar-refractivity contribution in [2.45, 2.75) is 44.9 Å². The quantitative estimate of drug-likeness (QED) is 0.209. The lowest BCUT2D eigenvalue weighted by Crippen LogP contribution is -2.03. The van der Waals surface area contributed by atoms with E-state index in [2.05, 4.69) is 11.6 Å². The first-order chi connectivity index (χ1) is 15.2. The number of aromatic nitrogens is 1. The van der Waals surface area contributed by atoms with Crippen molar-refractivity contribution in [1.82, 2.24) is 4.98 Å². The molecule has 0 aliphatic carbocycles. The highest BCUT2D eigenvalue weighted by atomic mass is 16.5. The lowest BCUT2D eigenvalue weighted by Gasteiger charge is -2.06. The van der Waals surface area contributed by atoms with Gasteiger partial charge in [0.15, 0.2) is 0 Å². The fraction of sp³-hybridized carbons (Fsp3) is 0.375. The molecule has 0 N–H and O–H groups in total. The van der Waals surface area contributed by atoms with Gasteiger partial charge in [-0.2, -0.15) is 0 Å². The first-order valence-electron chi connectivity index (χ1n) is 10.6. The smallest absolute Gasteiger partial charge is 0.344 e. The summed E-state index contributed by atoms with van der Waals surface area (Å²) in [5.41, 5.74) is 1.13. The lowest BCUT2D eigenvalue weighted by molar-refractivity contribution is -0.137. The van der Waals surface area contributed by atoms with Crippen molar-refractivity contribution in [2.75, 3.05) is 13.2 Å². The van der Waals surface area contributed by atoms with Crippen molar-refractivity contribution in [2.24, 2.45) is 0 Å². The van der Waals surface area contributed by atoms with Crippen molar-refractivity contribution < 1.29 is 23.1 Å². The number of rotatable bonds is 13. The summed E-state index contributed by atoms with van der Waals surface area (Å²) in [5, 5.41) is 0.724. The number of fused-ring (bicyclic) bond motifs is 1. The van der Waals surface area contributed by atoms with Crippen molar-refractivity contribution in [3.63, 3.8) is 0 Å². The van der Waals surface area contributed by atoms with Gasteiger partial charge in [-0.3, -0.25) is 0 Å². The molecule has 0 aliphatic rings. The second-order valence-corrected chi connectivity index (χ2v) is 7.21. The molecule has 0 fully saturated rings. The van der Waals surface area contributed by atoms with Crippen molar-refractivity contribution in [1.29, 1.82) is 0 Å². The Hall–Kier alpha value is -3.35. The SMILES string of the molecule is C=CC(=O)OCCCCCCCCCOc1cc2oc(=O)c(-c3ccoc3)cc2cn1. The number of furan rings is 1. The Bertz CT molecular complexity index is 1040. The average Bonchev–Trinajstić information content (AvgIpc) is 3.31. The van der Waals surface area contributed by atoms with Crippen molar-refractivity contribution in [3.05, 3.63) is 60.0 Å². The van der Waals surface area contributed by atoms with Gasteiger partial charge in [-0.1, -0.05) is 38.7 Å². The summed E-state index contributed by atoms with van der Waals surface area (Å²) in [7, 11) is 0. The lowest BCUT2D eigenvalue weighted by atomic mass is 10.1. The summed E-state index contributed by atoms with van der Waals surface area (Å²) in [6.07, 6.45) is 13.2. The maximum absolute atomic E-state index is 12.2. The molecule has 0 saturated carbocycles. The molecule has 31 heavy (non-hydrogen) atoms. The Kier molecular flexibility index (Phi) is 8.46. The van der Waals surface area contributed by atoms with Crippen LogP contribution in [0.15, 0.2) is 63.2 Å². The van der Waals surface area contributed by atoms with E-state index < -0.39 is 5.63 Å². The number of carbonyl (C=O) groups excluding carboxylic acids is 1. The summed E-state index contributed by atoms with van der Waals surface area (Å²) in [6, 6.07) is 5.10. The van der Waals surface area contributed by atoms with Crippen LogP contribution in [0.25, 0.3) is 22.1 Å². The van der Waals surface area contributed by atoms with Gasteiger partial charge in [0.1, 0.15) is 5.58 Å². The van der Waals surface area contributed by atoms with Gasteiger partial charge in [-0.15, -0.1) is 0 Å². The Morgan fingerprint density at radius 2 is 1.81 bits per heavy atom. The van der Waals surface area contributed by atoms with E-state index in [1.165, 1.54) is 18.6 Å². The Labute approximate surface area is 180 Å². The van der Waals surface area contributed by atoms with Crippen LogP contribution in [0.4, 0.5) is 0 Å². The summed E-state index contributed by atoms with van der Waals surface area (Å²) in [6.45, 7) is 4.39. The molecule has 0 bridgehead atoms. The molecular formula is C24H27NO6. The number of hydrogen-bond donors (Lipinski definition) is 0. The number of esters is 1. The first kappa shape index (κ1) is 22.3. The van der Waals surface area contributed by atoms with Crippen LogP contribution in [0.5, 0.6) is 5.88 Å². The minimum Gasteiger partial charge on any atom is -0.478 e. The fourth-order valence-electron chi connectivity index (χ4n) is 3.19. The molecule has 7 nitrogen and oxygen atoms in total. The number of carbonyl (C=O) groups is 1. The topological polar surface area (TPSA) is 91.8 Å². The van der Waals surface area contributed by atoms with E-state index in [0.29, 0.717) is 35.8 Å². The van der Waals surface area contributed by atoms with E-state index >= 15 is 0 Å². The van der Waals surface area contributed by atoms with E-state index in [1.54, 1.807) is 24.4 Å². The third-order valence-corrected chi connectivity index (χ3v) is 4.87. The zero-order chi connectivity index (χ0) is 21.9. The van der Waals surface area contributed by atoms with Gasteiger partial charge in [0.25, 0.3) is 0 Å². The number of ether oxygens (including phenoxy) is 2. The van der Waals surface area contributed by atoms with Gasteiger partial charge < -0.3 is 18.3 Å². The molecule has 3 heterocycles. The molecule has 3 aromatic heterocycles. The van der Waals surface area contributed by atoms with Gasteiger partial charge in [-0.25, -0.2) is 14.6 Å². The highest BCUT2D eigenvalue weighted by molar-refractivity contribution is 5.81. The van der Waals surface area contributed by atoms with Gasteiger partial charge in [0.05, 0.1) is 31.3 Å². The predicted octanol–water partition coefficient (Wildman–Crippen LogP) is 5.29. The standard InChI is InChI=1S/C24H27NO6/c1-2-23(26)30-12-9-7-5-3-4-6-8-11-29-22-15-21-19(16-25-22)14-20(24(27)31-21)18-10-13-28-17-18/h2,10,13-17H,1,3-9,11-12H2. The molecule has 3 rings (SSSR count). The predicted molar refractivity (Wildman–Crippen MR) is 117 cm³/mol. The molecule has 3 aromatic rings. The Balaban J connectivity index is 1.34. The highest BCUT2D eigenvalue weighted by Gasteiger charge is 2.10. The van der Waals surface area contributed by atoms with Crippen LogP contribution in [0.3, 0.4) is 0 Å². The largest absolute Gasteiger partial charge is 0.478 e. The molecule has 0 spiro atoms. The van der Waals surface area contributed by atoms with E-state index in [-0.39, 0.29) is 5.97 Å². The Morgan fingerprint density at radius 3 is 2.52 bits per heavy atom. The van der Waals surface area contributed by atoms with Crippen molar-refractivity contribution >= 4 is 16.9 Å². The third-order valence-electron chi connectivity index (χ3n) is 4.87. The third kappa shape index (κ3) is 6.84. The number of nitrogens with zero attached hydrogens (tertiary/aromatic N) is 1. The molecule has 0 saturated heterocycles. The first-order valence-corrected chi connectivity index (χ1v) is 10.6. The number of pyridine rings is 1. The maximum atomic E-state index is 12.2. The second kappa shape index (κ2) is 11.7. The zero-order valence-corrected chi connectivity index (χ0v) is 17.5. The molecule has 0 unspecified atom stereocenters. The molecule has 0 amide bonds. The van der Waals surface area contributed by atoms with Crippen LogP contribution in [-0.2, 0) is 9.53 Å². The summed E-state index contributed by atoms with van der Waals surface area (Å²) in [5.74, 6) is 0.0860. The molecule has 7 heteroatoms. The van der Waals surface area contributed by atoms with E-state index in [1.807, 2.05) is 0 Å². The van der Waals surface area contributed by atoms with Gasteiger partial charge in [0.2, 0.25) is 5.88 Å². The van der Waals surface area contributed by atoms with E-state index in [4.69, 9.17) is 18.3 Å². The minimum atomic E-state index is -0.426. The summed E-state index contributed by atoms with van der Waals surface area (Å²) in [4.78, 5) is 27.4. The van der Waals surface area contributed by atoms with Crippen LogP contribution in [0.2, 0.25) is 0 Å². The summed E-state index contributed by atoms with van der Waals surface area (Å²) < 4.78 is 21.1. The van der Waals surface area contributed by atoms with Crippen LogP contribution < -0.4 is 10.4 Å². The van der Waals surface area contributed by atoms with Crippen LogP contribution in [0, 0.1) is 0 Å². The monoisotopic (exact) mass is 425 g/mol. The highest BCUT2D eigenvalue weighted by Crippen LogP contribution is 2.23. The second-order valence-electron chi connectivity index (χ2n) is 7.21. The normalized spacial score (nSPS) is 10.8. The van der Waals surface area contributed by atoms with Crippen LogP contribution in [0.1, 0.15) is 44.9 Å². The average molecular weight is 425 g/mol. The molecule has 0 aliphatic heterocycles. The molecule has 0 atom stereocenters.